The molecule has 35 heavy (non-hydrogen) atoms. The number of sulfonamides is 1. The minimum absolute atomic E-state index is 0.128. The van der Waals surface area contributed by atoms with Crippen LogP contribution in [0.2, 0.25) is 0 Å². The van der Waals surface area contributed by atoms with Crippen LogP contribution in [0.5, 0.6) is 5.88 Å². The topological polar surface area (TPSA) is 97.4 Å². The van der Waals surface area contributed by atoms with Crippen LogP contribution in [0.1, 0.15) is 42.1 Å². The standard InChI is InChI=1S/C22H24F5N3O4S/c1-3-4-9-34-21-15(5-7-16(12-23)29-21)6-8-19(31)28-13-14-10-17(22(25,26)27)20(18(24)11-14)30-35(2,32)33/h5-8,10-11,30H,3-4,9,12-13H2,1-2H3,(H,28,31)/b8-6+. The maximum absolute atomic E-state index is 14.3. The molecule has 1 heterocycles. The summed E-state index contributed by atoms with van der Waals surface area (Å²) in [7, 11) is -4.18. The van der Waals surface area contributed by atoms with Crippen molar-refractivity contribution < 1.29 is 39.9 Å². The Labute approximate surface area is 199 Å². The number of rotatable bonds is 11. The van der Waals surface area contributed by atoms with E-state index in [-0.39, 0.29) is 17.1 Å². The molecule has 0 unspecified atom stereocenters. The van der Waals surface area contributed by atoms with Gasteiger partial charge in [0, 0.05) is 18.2 Å². The summed E-state index contributed by atoms with van der Waals surface area (Å²) in [6.07, 6.45) is -0.459. The number of carbonyl (C=O) groups is 1. The number of pyridine rings is 1. The number of aromatic nitrogens is 1. The first-order chi connectivity index (χ1) is 16.3. The number of amides is 1. The van der Waals surface area contributed by atoms with E-state index in [1.807, 2.05) is 6.92 Å². The maximum atomic E-state index is 14.3. The normalized spacial score (nSPS) is 12.1. The SMILES string of the molecule is CCCCOc1nc(CF)ccc1/C=C/C(=O)NCc1cc(F)c(NS(C)(=O)=O)c(C(F)(F)F)c1. The summed E-state index contributed by atoms with van der Waals surface area (Å²) in [5, 5.41) is 2.32. The van der Waals surface area contributed by atoms with E-state index in [4.69, 9.17) is 4.74 Å². The van der Waals surface area contributed by atoms with Crippen LogP contribution in [0.15, 0.2) is 30.3 Å². The number of anilines is 1. The van der Waals surface area contributed by atoms with E-state index < -0.39 is 52.4 Å². The van der Waals surface area contributed by atoms with Gasteiger partial charge in [-0.15, -0.1) is 0 Å². The van der Waals surface area contributed by atoms with Crippen molar-refractivity contribution in [1.29, 1.82) is 0 Å². The molecule has 7 nitrogen and oxygen atoms in total. The fourth-order valence-electron chi connectivity index (χ4n) is 2.81. The Bertz CT molecular complexity index is 1180. The Morgan fingerprint density at radius 1 is 1.23 bits per heavy atom. The van der Waals surface area contributed by atoms with Crippen molar-refractivity contribution in [3.63, 3.8) is 0 Å². The van der Waals surface area contributed by atoms with Crippen LogP contribution in [0.25, 0.3) is 6.08 Å². The van der Waals surface area contributed by atoms with Crippen LogP contribution < -0.4 is 14.8 Å². The Balaban J connectivity index is 2.17. The van der Waals surface area contributed by atoms with Gasteiger partial charge in [0.15, 0.2) is 0 Å². The van der Waals surface area contributed by atoms with E-state index in [1.165, 1.54) is 22.9 Å². The van der Waals surface area contributed by atoms with Crippen molar-refractivity contribution in [2.24, 2.45) is 0 Å². The fraction of sp³-hybridized carbons (Fsp3) is 0.364. The molecule has 1 aromatic carbocycles. The Morgan fingerprint density at radius 2 is 1.94 bits per heavy atom. The summed E-state index contributed by atoms with van der Waals surface area (Å²) in [6.45, 7) is 1.02. The number of benzene rings is 1. The number of nitrogens with one attached hydrogen (secondary N) is 2. The van der Waals surface area contributed by atoms with Crippen molar-refractivity contribution in [1.82, 2.24) is 10.3 Å². The van der Waals surface area contributed by atoms with Gasteiger partial charge in [-0.2, -0.15) is 13.2 Å². The Kier molecular flexibility index (Phi) is 9.57. The third-order valence-electron chi connectivity index (χ3n) is 4.44. The highest BCUT2D eigenvalue weighted by molar-refractivity contribution is 7.92. The third kappa shape index (κ3) is 8.81. The van der Waals surface area contributed by atoms with Crippen LogP contribution in [-0.4, -0.2) is 32.2 Å². The minimum Gasteiger partial charge on any atom is -0.477 e. The minimum atomic E-state index is -5.05. The lowest BCUT2D eigenvalue weighted by molar-refractivity contribution is -0.137. The van der Waals surface area contributed by atoms with Crippen LogP contribution in [-0.2, 0) is 34.2 Å². The van der Waals surface area contributed by atoms with Crippen LogP contribution in [0.3, 0.4) is 0 Å². The van der Waals surface area contributed by atoms with Crippen molar-refractivity contribution in [2.75, 3.05) is 17.6 Å². The number of hydrogen-bond acceptors (Lipinski definition) is 5. The number of unbranched alkanes of at least 4 members (excludes halogenated alkanes) is 1. The van der Waals surface area contributed by atoms with Crippen molar-refractivity contribution >= 4 is 27.7 Å². The zero-order valence-electron chi connectivity index (χ0n) is 18.9. The molecule has 13 heteroatoms. The van der Waals surface area contributed by atoms with Crippen molar-refractivity contribution in [2.45, 2.75) is 39.2 Å². The number of hydrogen-bond donors (Lipinski definition) is 2. The lowest BCUT2D eigenvalue weighted by Crippen LogP contribution is -2.22. The average Bonchev–Trinajstić information content (AvgIpc) is 2.76. The van der Waals surface area contributed by atoms with E-state index in [0.29, 0.717) is 30.6 Å². The number of alkyl halides is 4. The highest BCUT2D eigenvalue weighted by Gasteiger charge is 2.36. The quantitative estimate of drug-likeness (QED) is 0.256. The highest BCUT2D eigenvalue weighted by atomic mass is 32.2. The van der Waals surface area contributed by atoms with Gasteiger partial charge in [0.1, 0.15) is 12.5 Å². The number of carbonyl (C=O) groups excluding carboxylic acids is 1. The van der Waals surface area contributed by atoms with Gasteiger partial charge in [0.2, 0.25) is 21.8 Å². The molecule has 0 aliphatic carbocycles. The number of nitrogens with zero attached hydrogens (tertiary/aromatic N) is 1. The van der Waals surface area contributed by atoms with Gasteiger partial charge < -0.3 is 10.1 Å². The molecule has 192 valence electrons. The first-order valence-corrected chi connectivity index (χ1v) is 12.2. The van der Waals surface area contributed by atoms with Gasteiger partial charge in [-0.05, 0) is 42.3 Å². The molecule has 2 N–H and O–H groups in total. The average molecular weight is 522 g/mol. The monoisotopic (exact) mass is 521 g/mol. The molecule has 0 saturated carbocycles. The highest BCUT2D eigenvalue weighted by Crippen LogP contribution is 2.37. The molecule has 1 aromatic heterocycles. The summed E-state index contributed by atoms with van der Waals surface area (Å²) < 4.78 is 96.9. The van der Waals surface area contributed by atoms with Crippen LogP contribution in [0.4, 0.5) is 27.6 Å². The maximum Gasteiger partial charge on any atom is 0.418 e. The van der Waals surface area contributed by atoms with Crippen molar-refractivity contribution in [3.05, 3.63) is 58.5 Å². The first-order valence-electron chi connectivity index (χ1n) is 10.4. The second-order valence-electron chi connectivity index (χ2n) is 7.46. The van der Waals surface area contributed by atoms with E-state index in [1.54, 1.807) is 0 Å². The third-order valence-corrected chi connectivity index (χ3v) is 5.02. The van der Waals surface area contributed by atoms with Gasteiger partial charge in [-0.25, -0.2) is 22.2 Å². The molecule has 2 aromatic rings. The molecule has 0 atom stereocenters. The number of halogens is 5. The molecule has 0 bridgehead atoms. The predicted molar refractivity (Wildman–Crippen MR) is 120 cm³/mol. The fourth-order valence-corrected chi connectivity index (χ4v) is 3.39. The van der Waals surface area contributed by atoms with Gasteiger partial charge in [0.25, 0.3) is 0 Å². The largest absolute Gasteiger partial charge is 0.477 e. The summed E-state index contributed by atoms with van der Waals surface area (Å²) in [5.74, 6) is -2.03. The van der Waals surface area contributed by atoms with Crippen LogP contribution >= 0.6 is 0 Å². The van der Waals surface area contributed by atoms with Crippen molar-refractivity contribution in [3.8, 4) is 5.88 Å². The molecule has 0 radical (unpaired) electrons. The van der Waals surface area contributed by atoms with E-state index in [0.717, 1.165) is 18.9 Å². The van der Waals surface area contributed by atoms with Gasteiger partial charge in [0.05, 0.1) is 29.8 Å². The summed E-state index contributed by atoms with van der Waals surface area (Å²) in [4.78, 5) is 16.2. The molecule has 0 spiro atoms. The molecule has 0 fully saturated rings. The molecule has 0 aliphatic heterocycles. The molecular weight excluding hydrogens is 497 g/mol. The van der Waals surface area contributed by atoms with Gasteiger partial charge >= 0.3 is 6.18 Å². The lowest BCUT2D eigenvalue weighted by Gasteiger charge is -2.16. The van der Waals surface area contributed by atoms with E-state index in [2.05, 4.69) is 10.3 Å². The molecule has 0 aliphatic rings. The molecule has 2 rings (SSSR count). The first kappa shape index (κ1) is 28.0. The van der Waals surface area contributed by atoms with Gasteiger partial charge in [-0.3, -0.25) is 9.52 Å². The smallest absolute Gasteiger partial charge is 0.418 e. The zero-order valence-corrected chi connectivity index (χ0v) is 19.7. The van der Waals surface area contributed by atoms with E-state index in [9.17, 15) is 35.2 Å². The molecule has 0 saturated heterocycles. The Morgan fingerprint density at radius 3 is 2.54 bits per heavy atom. The zero-order chi connectivity index (χ0) is 26.2. The Hall–Kier alpha value is -3.22. The summed E-state index contributed by atoms with van der Waals surface area (Å²) >= 11 is 0. The van der Waals surface area contributed by atoms with Crippen LogP contribution in [0, 0.1) is 5.82 Å². The molecular formula is C22H24F5N3O4S. The van der Waals surface area contributed by atoms with E-state index >= 15 is 0 Å². The lowest BCUT2D eigenvalue weighted by atomic mass is 10.1. The second-order valence-corrected chi connectivity index (χ2v) is 9.20. The predicted octanol–water partition coefficient (Wildman–Crippen LogP) is 4.59. The summed E-state index contributed by atoms with van der Waals surface area (Å²) in [5.41, 5.74) is -2.47. The second kappa shape index (κ2) is 12.0. The van der Waals surface area contributed by atoms with Gasteiger partial charge in [-0.1, -0.05) is 13.3 Å². The summed E-state index contributed by atoms with van der Waals surface area (Å²) in [6, 6.07) is 4.15. The molecule has 1 amide bonds. The number of ether oxygens (including phenoxy) is 1.